The molecular weight excluding hydrogens is 356 g/mol. The first-order valence-electron chi connectivity index (χ1n) is 8.46. The molecule has 26 heavy (non-hydrogen) atoms. The minimum absolute atomic E-state index is 0.146. The number of fused-ring (bicyclic) bond motifs is 1. The molecule has 3 N–H and O–H groups in total. The van der Waals surface area contributed by atoms with E-state index in [0.29, 0.717) is 46.0 Å². The molecule has 0 aliphatic carbocycles. The third kappa shape index (κ3) is 5.12. The van der Waals surface area contributed by atoms with E-state index in [-0.39, 0.29) is 17.9 Å². The Morgan fingerprint density at radius 2 is 2.00 bits per heavy atom. The number of carboxylic acid groups (broad SMARTS) is 1. The van der Waals surface area contributed by atoms with Crippen LogP contribution in [0.4, 0.5) is 0 Å². The number of aromatic nitrogens is 2. The highest BCUT2D eigenvalue weighted by molar-refractivity contribution is 7.20. The molecule has 0 spiro atoms. The van der Waals surface area contributed by atoms with Crippen molar-refractivity contribution in [1.82, 2.24) is 20.2 Å². The van der Waals surface area contributed by atoms with Gasteiger partial charge in [-0.05, 0) is 39.4 Å². The molecule has 0 fully saturated rings. The monoisotopic (exact) mass is 380 g/mol. The van der Waals surface area contributed by atoms with Gasteiger partial charge >= 0.3 is 5.97 Å². The Labute approximate surface area is 155 Å². The van der Waals surface area contributed by atoms with Crippen LogP contribution in [0, 0.1) is 6.92 Å². The van der Waals surface area contributed by atoms with Crippen LogP contribution >= 0.6 is 11.3 Å². The highest BCUT2D eigenvalue weighted by Gasteiger charge is 2.19. The fraction of sp³-hybridized carbons (Fsp3) is 0.529. The topological polar surface area (TPSA) is 115 Å². The second-order valence-electron chi connectivity index (χ2n) is 6.45. The third-order valence-corrected chi connectivity index (χ3v) is 5.06. The number of nitrogens with one attached hydrogen (secondary N) is 2. The van der Waals surface area contributed by atoms with Crippen molar-refractivity contribution in [3.05, 3.63) is 26.6 Å². The third-order valence-electron chi connectivity index (χ3n) is 3.87. The Bertz CT molecular complexity index is 856. The molecule has 2 aromatic rings. The van der Waals surface area contributed by atoms with Crippen molar-refractivity contribution in [2.24, 2.45) is 0 Å². The van der Waals surface area contributed by atoms with Crippen LogP contribution in [0.15, 0.2) is 4.79 Å². The average Bonchev–Trinajstić information content (AvgIpc) is 2.86. The number of hydrogen-bond acceptors (Lipinski definition) is 6. The predicted molar refractivity (Wildman–Crippen MR) is 101 cm³/mol. The maximum atomic E-state index is 12.4. The van der Waals surface area contributed by atoms with Crippen LogP contribution in [0.1, 0.15) is 46.7 Å². The number of aryl methyl sites for hydroxylation is 1. The summed E-state index contributed by atoms with van der Waals surface area (Å²) in [6.07, 6.45) is 2.20. The van der Waals surface area contributed by atoms with E-state index in [4.69, 9.17) is 5.11 Å². The van der Waals surface area contributed by atoms with Crippen LogP contribution in [0.3, 0.4) is 0 Å². The number of carboxylic acids is 1. The molecule has 0 aromatic carbocycles. The lowest BCUT2D eigenvalue weighted by atomic mass is 10.2. The van der Waals surface area contributed by atoms with Crippen molar-refractivity contribution >= 4 is 33.4 Å². The quantitative estimate of drug-likeness (QED) is 0.571. The van der Waals surface area contributed by atoms with Crippen LogP contribution in [-0.4, -0.2) is 52.5 Å². The molecule has 8 nitrogen and oxygen atoms in total. The van der Waals surface area contributed by atoms with E-state index >= 15 is 0 Å². The maximum absolute atomic E-state index is 12.4. The van der Waals surface area contributed by atoms with Crippen molar-refractivity contribution in [3.8, 4) is 0 Å². The molecule has 0 unspecified atom stereocenters. The number of carbonyl (C=O) groups is 2. The normalized spacial score (nSPS) is 11.2. The fourth-order valence-electron chi connectivity index (χ4n) is 2.64. The number of carbonyl (C=O) groups excluding carboxylic acids is 1. The van der Waals surface area contributed by atoms with E-state index < -0.39 is 5.97 Å². The second-order valence-corrected chi connectivity index (χ2v) is 7.45. The smallest absolute Gasteiger partial charge is 0.303 e. The number of nitrogens with zero attached hydrogens (tertiary/aromatic N) is 2. The van der Waals surface area contributed by atoms with Gasteiger partial charge in [0.15, 0.2) is 0 Å². The lowest BCUT2D eigenvalue weighted by molar-refractivity contribution is -0.137. The van der Waals surface area contributed by atoms with Gasteiger partial charge in [-0.15, -0.1) is 11.3 Å². The first kappa shape index (κ1) is 20.1. The summed E-state index contributed by atoms with van der Waals surface area (Å²) in [6, 6.07) is 0. The molecule has 1 amide bonds. The summed E-state index contributed by atoms with van der Waals surface area (Å²) < 4.78 is 0. The van der Waals surface area contributed by atoms with Crippen LogP contribution < -0.4 is 10.9 Å². The Hall–Kier alpha value is -2.26. The highest BCUT2D eigenvalue weighted by atomic mass is 32.1. The number of H-pyrrole nitrogens is 1. The zero-order chi connectivity index (χ0) is 19.3. The number of thiophene rings is 1. The number of unbranched alkanes of at least 4 members (excludes halogenated alkanes) is 2. The summed E-state index contributed by atoms with van der Waals surface area (Å²) in [7, 11) is 3.78. The van der Waals surface area contributed by atoms with E-state index in [1.165, 1.54) is 11.3 Å². The summed E-state index contributed by atoms with van der Waals surface area (Å²) in [5.41, 5.74) is 0.409. The molecule has 0 aliphatic rings. The minimum atomic E-state index is -0.804. The van der Waals surface area contributed by atoms with Crippen molar-refractivity contribution in [1.29, 1.82) is 0 Å². The number of aromatic amines is 1. The molecular formula is C17H24N4O4S. The lowest BCUT2D eigenvalue weighted by Crippen LogP contribution is -2.24. The first-order chi connectivity index (χ1) is 12.3. The van der Waals surface area contributed by atoms with Gasteiger partial charge in [0.1, 0.15) is 10.7 Å². The van der Waals surface area contributed by atoms with E-state index in [0.717, 1.165) is 12.8 Å². The zero-order valence-corrected chi connectivity index (χ0v) is 16.0. The molecule has 0 aliphatic heterocycles. The molecule has 2 aromatic heterocycles. The summed E-state index contributed by atoms with van der Waals surface area (Å²) >= 11 is 1.22. The summed E-state index contributed by atoms with van der Waals surface area (Å²) in [5.74, 6) is -0.460. The Morgan fingerprint density at radius 1 is 1.27 bits per heavy atom. The van der Waals surface area contributed by atoms with Gasteiger partial charge in [-0.1, -0.05) is 6.42 Å². The molecule has 0 atom stereocenters. The van der Waals surface area contributed by atoms with Crippen molar-refractivity contribution in [2.45, 2.75) is 39.2 Å². The van der Waals surface area contributed by atoms with Gasteiger partial charge in [0, 0.05) is 13.0 Å². The van der Waals surface area contributed by atoms with Crippen molar-refractivity contribution in [3.63, 3.8) is 0 Å². The molecule has 2 rings (SSSR count). The van der Waals surface area contributed by atoms with E-state index in [1.54, 1.807) is 6.92 Å². The molecule has 9 heteroatoms. The van der Waals surface area contributed by atoms with Gasteiger partial charge in [-0.2, -0.15) is 0 Å². The molecule has 0 radical (unpaired) electrons. The predicted octanol–water partition coefficient (Wildman–Crippen LogP) is 1.73. The molecule has 0 bridgehead atoms. The number of aliphatic carboxylic acids is 1. The first-order valence-corrected chi connectivity index (χ1v) is 9.28. The maximum Gasteiger partial charge on any atom is 0.303 e. The summed E-state index contributed by atoms with van der Waals surface area (Å²) in [6.45, 7) is 2.74. The van der Waals surface area contributed by atoms with Crippen molar-refractivity contribution in [2.75, 3.05) is 20.6 Å². The standard InChI is InChI=1S/C17H24N4O4S/c1-10-13-15(24)19-11(9-21(2)3)20-17(13)26-14(10)16(25)18-8-6-4-5-7-12(22)23/h4-9H2,1-3H3,(H,18,25)(H,22,23)(H,19,20,24). The van der Waals surface area contributed by atoms with Gasteiger partial charge in [0.05, 0.1) is 16.8 Å². The van der Waals surface area contributed by atoms with Gasteiger partial charge in [0.25, 0.3) is 11.5 Å². The van der Waals surface area contributed by atoms with Gasteiger partial charge < -0.3 is 20.3 Å². The summed E-state index contributed by atoms with van der Waals surface area (Å²) in [4.78, 5) is 45.4. The SMILES string of the molecule is Cc1c(C(=O)NCCCCCC(=O)O)sc2nc(CN(C)C)[nH]c(=O)c12. The fourth-order valence-corrected chi connectivity index (χ4v) is 3.76. The van der Waals surface area contributed by atoms with Crippen molar-refractivity contribution < 1.29 is 14.7 Å². The largest absolute Gasteiger partial charge is 0.481 e. The second kappa shape index (κ2) is 8.91. The molecule has 142 valence electrons. The average molecular weight is 380 g/mol. The van der Waals surface area contributed by atoms with Crippen LogP contribution in [0.2, 0.25) is 0 Å². The lowest BCUT2D eigenvalue weighted by Gasteiger charge is -2.07. The number of amides is 1. The van der Waals surface area contributed by atoms with Crippen LogP contribution in [0.5, 0.6) is 0 Å². The van der Waals surface area contributed by atoms with Crippen LogP contribution in [-0.2, 0) is 11.3 Å². The molecule has 0 saturated heterocycles. The Balaban J connectivity index is 2.06. The van der Waals surface area contributed by atoms with E-state index in [1.807, 2.05) is 19.0 Å². The minimum Gasteiger partial charge on any atom is -0.481 e. The molecule has 0 saturated carbocycles. The summed E-state index contributed by atoms with van der Waals surface area (Å²) in [5, 5.41) is 11.9. The van der Waals surface area contributed by atoms with E-state index in [9.17, 15) is 14.4 Å². The van der Waals surface area contributed by atoms with Gasteiger partial charge in [0.2, 0.25) is 0 Å². The highest BCUT2D eigenvalue weighted by Crippen LogP contribution is 2.26. The van der Waals surface area contributed by atoms with Gasteiger partial charge in [-0.3, -0.25) is 14.4 Å². The van der Waals surface area contributed by atoms with Gasteiger partial charge in [-0.25, -0.2) is 4.98 Å². The molecule has 2 heterocycles. The Morgan fingerprint density at radius 3 is 2.65 bits per heavy atom. The van der Waals surface area contributed by atoms with Crippen LogP contribution in [0.25, 0.3) is 10.2 Å². The van der Waals surface area contributed by atoms with E-state index in [2.05, 4.69) is 15.3 Å². The zero-order valence-electron chi connectivity index (χ0n) is 15.2. The number of rotatable bonds is 9. The number of hydrogen-bond donors (Lipinski definition) is 3. The Kier molecular flexibility index (Phi) is 6.87.